The maximum Gasteiger partial charge on any atom is 0.125 e. The number of hydrogen-bond acceptors (Lipinski definition) is 4. The third-order valence-corrected chi connectivity index (χ3v) is 3.45. The van der Waals surface area contributed by atoms with Crippen molar-refractivity contribution in [2.45, 2.75) is 20.0 Å². The van der Waals surface area contributed by atoms with Crippen LogP contribution >= 0.6 is 11.3 Å². The van der Waals surface area contributed by atoms with E-state index >= 15 is 0 Å². The van der Waals surface area contributed by atoms with Gasteiger partial charge in [-0.2, -0.15) is 0 Å². The lowest BCUT2D eigenvalue weighted by Crippen LogP contribution is -1.88. The summed E-state index contributed by atoms with van der Waals surface area (Å²) in [5.41, 5.74) is 1.80. The molecule has 0 atom stereocenters. The summed E-state index contributed by atoms with van der Waals surface area (Å²) in [7, 11) is 0. The fourth-order valence-electron chi connectivity index (χ4n) is 1.40. The molecule has 2 heterocycles. The van der Waals surface area contributed by atoms with Gasteiger partial charge in [0.15, 0.2) is 0 Å². The summed E-state index contributed by atoms with van der Waals surface area (Å²) in [5.74, 6) is 0. The van der Waals surface area contributed by atoms with E-state index < -0.39 is 0 Å². The minimum absolute atomic E-state index is 0.0138. The van der Waals surface area contributed by atoms with Gasteiger partial charge in [0, 0.05) is 22.8 Å². The molecule has 1 N–H and O–H groups in total. The second kappa shape index (κ2) is 4.51. The SMILES string of the molecule is CCc1sc(-c2cccnc2)nc1CO. The molecule has 4 heteroatoms. The van der Waals surface area contributed by atoms with Crippen LogP contribution < -0.4 is 0 Å². The van der Waals surface area contributed by atoms with Crippen LogP contribution in [-0.4, -0.2) is 15.1 Å². The van der Waals surface area contributed by atoms with Gasteiger partial charge in [-0.1, -0.05) is 6.92 Å². The minimum atomic E-state index is 0.0138. The molecule has 15 heavy (non-hydrogen) atoms. The van der Waals surface area contributed by atoms with Gasteiger partial charge in [-0.3, -0.25) is 4.98 Å². The first-order chi connectivity index (χ1) is 7.35. The number of nitrogens with zero attached hydrogens (tertiary/aromatic N) is 2. The van der Waals surface area contributed by atoms with Crippen LogP contribution in [-0.2, 0) is 13.0 Å². The van der Waals surface area contributed by atoms with Crippen LogP contribution in [0.3, 0.4) is 0 Å². The Morgan fingerprint density at radius 1 is 1.47 bits per heavy atom. The maximum absolute atomic E-state index is 9.14. The summed E-state index contributed by atoms with van der Waals surface area (Å²) in [6.45, 7) is 2.08. The van der Waals surface area contributed by atoms with Crippen molar-refractivity contribution in [3.05, 3.63) is 35.1 Å². The van der Waals surface area contributed by atoms with Crippen molar-refractivity contribution in [2.75, 3.05) is 0 Å². The number of thiazole rings is 1. The van der Waals surface area contributed by atoms with E-state index in [1.807, 2.05) is 12.1 Å². The Morgan fingerprint density at radius 3 is 2.87 bits per heavy atom. The predicted molar refractivity (Wildman–Crippen MR) is 60.6 cm³/mol. The van der Waals surface area contributed by atoms with Crippen LogP contribution in [0, 0.1) is 0 Å². The molecule has 0 saturated carbocycles. The third-order valence-electron chi connectivity index (χ3n) is 2.16. The predicted octanol–water partition coefficient (Wildman–Crippen LogP) is 2.26. The van der Waals surface area contributed by atoms with E-state index in [1.54, 1.807) is 23.7 Å². The fraction of sp³-hybridized carbons (Fsp3) is 0.273. The second-order valence-corrected chi connectivity index (χ2v) is 4.23. The molecule has 0 aromatic carbocycles. The third kappa shape index (κ3) is 2.06. The summed E-state index contributed by atoms with van der Waals surface area (Å²) >= 11 is 1.63. The normalized spacial score (nSPS) is 10.5. The van der Waals surface area contributed by atoms with Gasteiger partial charge in [0.05, 0.1) is 12.3 Å². The number of rotatable bonds is 3. The second-order valence-electron chi connectivity index (χ2n) is 3.14. The van der Waals surface area contributed by atoms with Gasteiger partial charge in [-0.15, -0.1) is 11.3 Å². The first-order valence-electron chi connectivity index (χ1n) is 4.85. The Bertz CT molecular complexity index is 418. The molecule has 0 saturated heterocycles. The molecule has 0 aliphatic heterocycles. The van der Waals surface area contributed by atoms with Crippen molar-refractivity contribution in [2.24, 2.45) is 0 Å². The zero-order valence-corrected chi connectivity index (χ0v) is 9.29. The fourth-order valence-corrected chi connectivity index (χ4v) is 2.40. The standard InChI is InChI=1S/C11H12N2OS/c1-2-10-9(7-14)13-11(15-10)8-4-3-5-12-6-8/h3-6,14H,2,7H2,1H3. The molecule has 0 unspecified atom stereocenters. The highest BCUT2D eigenvalue weighted by molar-refractivity contribution is 7.15. The van der Waals surface area contributed by atoms with E-state index in [4.69, 9.17) is 5.11 Å². The van der Waals surface area contributed by atoms with Crippen LogP contribution in [0.1, 0.15) is 17.5 Å². The molecule has 0 amide bonds. The number of aromatic nitrogens is 2. The summed E-state index contributed by atoms with van der Waals surface area (Å²) in [5, 5.41) is 10.1. The van der Waals surface area contributed by atoms with Crippen LogP contribution in [0.2, 0.25) is 0 Å². The Hall–Kier alpha value is -1.26. The highest BCUT2D eigenvalue weighted by Crippen LogP contribution is 2.27. The molecular weight excluding hydrogens is 208 g/mol. The average molecular weight is 220 g/mol. The largest absolute Gasteiger partial charge is 0.390 e. The van der Waals surface area contributed by atoms with Gasteiger partial charge in [-0.05, 0) is 18.6 Å². The van der Waals surface area contributed by atoms with Crippen molar-refractivity contribution in [1.29, 1.82) is 0 Å². The first kappa shape index (κ1) is 10.3. The molecule has 0 fully saturated rings. The molecule has 0 aliphatic rings. The van der Waals surface area contributed by atoms with E-state index in [1.165, 1.54) is 0 Å². The van der Waals surface area contributed by atoms with Gasteiger partial charge in [0.2, 0.25) is 0 Å². The zero-order chi connectivity index (χ0) is 10.7. The monoisotopic (exact) mass is 220 g/mol. The summed E-state index contributed by atoms with van der Waals surface area (Å²) in [6.07, 6.45) is 4.44. The van der Waals surface area contributed by atoms with Crippen molar-refractivity contribution in [3.63, 3.8) is 0 Å². The van der Waals surface area contributed by atoms with Gasteiger partial charge >= 0.3 is 0 Å². The molecule has 2 rings (SSSR count). The highest BCUT2D eigenvalue weighted by Gasteiger charge is 2.09. The smallest absolute Gasteiger partial charge is 0.125 e. The number of aliphatic hydroxyl groups is 1. The van der Waals surface area contributed by atoms with E-state index in [0.717, 1.165) is 27.6 Å². The molecule has 2 aromatic rings. The summed E-state index contributed by atoms with van der Waals surface area (Å²) in [4.78, 5) is 9.60. The van der Waals surface area contributed by atoms with Gasteiger partial charge in [-0.25, -0.2) is 4.98 Å². The van der Waals surface area contributed by atoms with Crippen LogP contribution in [0.5, 0.6) is 0 Å². The first-order valence-corrected chi connectivity index (χ1v) is 5.66. The lowest BCUT2D eigenvalue weighted by Gasteiger charge is -1.92. The van der Waals surface area contributed by atoms with Gasteiger partial charge in [0.1, 0.15) is 5.01 Å². The van der Waals surface area contributed by atoms with Gasteiger partial charge < -0.3 is 5.11 Å². The van der Waals surface area contributed by atoms with Crippen LogP contribution in [0.25, 0.3) is 10.6 Å². The Kier molecular flexibility index (Phi) is 3.08. The number of pyridine rings is 1. The summed E-state index contributed by atoms with van der Waals surface area (Å²) in [6, 6.07) is 3.87. The maximum atomic E-state index is 9.14. The molecule has 3 nitrogen and oxygen atoms in total. The molecule has 0 radical (unpaired) electrons. The quantitative estimate of drug-likeness (QED) is 0.863. The molecule has 78 valence electrons. The van der Waals surface area contributed by atoms with E-state index in [9.17, 15) is 0 Å². The Labute approximate surface area is 92.5 Å². The van der Waals surface area contributed by atoms with Crippen molar-refractivity contribution in [1.82, 2.24) is 9.97 Å². The average Bonchev–Trinajstić information content (AvgIpc) is 2.73. The molecule has 0 aliphatic carbocycles. The molecule has 2 aromatic heterocycles. The van der Waals surface area contributed by atoms with Gasteiger partial charge in [0.25, 0.3) is 0 Å². The number of hydrogen-bond donors (Lipinski definition) is 1. The Morgan fingerprint density at radius 2 is 2.33 bits per heavy atom. The highest BCUT2D eigenvalue weighted by atomic mass is 32.1. The van der Waals surface area contributed by atoms with Crippen molar-refractivity contribution in [3.8, 4) is 10.6 Å². The van der Waals surface area contributed by atoms with Crippen molar-refractivity contribution >= 4 is 11.3 Å². The number of aryl methyl sites for hydroxylation is 1. The van der Waals surface area contributed by atoms with E-state index in [2.05, 4.69) is 16.9 Å². The molecule has 0 bridgehead atoms. The minimum Gasteiger partial charge on any atom is -0.390 e. The lowest BCUT2D eigenvalue weighted by molar-refractivity contribution is 0.276. The zero-order valence-electron chi connectivity index (χ0n) is 8.47. The molecule has 0 spiro atoms. The van der Waals surface area contributed by atoms with Crippen LogP contribution in [0.4, 0.5) is 0 Å². The van der Waals surface area contributed by atoms with Crippen molar-refractivity contribution < 1.29 is 5.11 Å². The molecular formula is C11H12N2OS. The van der Waals surface area contributed by atoms with E-state index in [0.29, 0.717) is 0 Å². The Balaban J connectivity index is 2.42. The lowest BCUT2D eigenvalue weighted by atomic mass is 10.3. The topological polar surface area (TPSA) is 46.0 Å². The number of aliphatic hydroxyl groups excluding tert-OH is 1. The van der Waals surface area contributed by atoms with E-state index in [-0.39, 0.29) is 6.61 Å². The summed E-state index contributed by atoms with van der Waals surface area (Å²) < 4.78 is 0. The van der Waals surface area contributed by atoms with Crippen LogP contribution in [0.15, 0.2) is 24.5 Å².